The summed E-state index contributed by atoms with van der Waals surface area (Å²) < 4.78 is 11.1. The number of anilines is 2. The van der Waals surface area contributed by atoms with Gasteiger partial charge >= 0.3 is 0 Å². The zero-order valence-corrected chi connectivity index (χ0v) is 21.9. The van der Waals surface area contributed by atoms with Gasteiger partial charge in [0.25, 0.3) is 0 Å². The lowest BCUT2D eigenvalue weighted by atomic mass is 9.64. The molecule has 196 valence electrons. The molecule has 0 saturated carbocycles. The molecule has 1 aromatic heterocycles. The van der Waals surface area contributed by atoms with Gasteiger partial charge in [-0.1, -0.05) is 54.6 Å². The first-order chi connectivity index (χ1) is 19.6. The topological polar surface area (TPSA) is 84.9 Å². The molecule has 1 amide bonds. The van der Waals surface area contributed by atoms with Crippen molar-refractivity contribution in [3.8, 4) is 11.5 Å². The maximum atomic E-state index is 14.8. The number of nitrogens with zero attached hydrogens (tertiary/aromatic N) is 1. The molecule has 4 aliphatic rings. The van der Waals surface area contributed by atoms with Crippen LogP contribution in [0.3, 0.4) is 0 Å². The lowest BCUT2D eigenvalue weighted by Crippen LogP contribution is -2.51. The lowest BCUT2D eigenvalue weighted by Gasteiger charge is -2.37. The van der Waals surface area contributed by atoms with Crippen LogP contribution in [0.1, 0.15) is 31.2 Å². The molecule has 5 heterocycles. The molecule has 1 saturated heterocycles. The van der Waals surface area contributed by atoms with Crippen molar-refractivity contribution in [3.63, 3.8) is 0 Å². The van der Waals surface area contributed by atoms with Gasteiger partial charge in [-0.3, -0.25) is 14.4 Å². The van der Waals surface area contributed by atoms with E-state index in [2.05, 4.69) is 5.32 Å². The molecule has 0 radical (unpaired) electrons. The third-order valence-electron chi connectivity index (χ3n) is 8.51. The fourth-order valence-corrected chi connectivity index (χ4v) is 7.61. The number of ether oxygens (including phenoxy) is 2. The summed E-state index contributed by atoms with van der Waals surface area (Å²) in [7, 11) is 0. The number of carbonyl (C=O) groups is 3. The number of rotatable bonds is 4. The second-order valence-corrected chi connectivity index (χ2v) is 11.3. The fourth-order valence-electron chi connectivity index (χ4n) is 6.91. The number of ketones is 2. The van der Waals surface area contributed by atoms with Crippen LogP contribution in [0.2, 0.25) is 0 Å². The number of hydrogen-bond donors (Lipinski definition) is 1. The summed E-state index contributed by atoms with van der Waals surface area (Å²) in [6.07, 6.45) is 3.97. The molecule has 7 nitrogen and oxygen atoms in total. The molecule has 0 unspecified atom stereocenters. The summed E-state index contributed by atoms with van der Waals surface area (Å²) in [5.41, 5.74) is 2.16. The van der Waals surface area contributed by atoms with Crippen molar-refractivity contribution in [1.82, 2.24) is 0 Å². The predicted molar refractivity (Wildman–Crippen MR) is 151 cm³/mol. The first-order valence-electron chi connectivity index (χ1n) is 13.1. The summed E-state index contributed by atoms with van der Waals surface area (Å²) in [4.78, 5) is 46.2. The summed E-state index contributed by atoms with van der Waals surface area (Å²) in [6.45, 7) is 0.0764. The van der Waals surface area contributed by atoms with E-state index in [-0.39, 0.29) is 24.3 Å². The van der Waals surface area contributed by atoms with Crippen molar-refractivity contribution >= 4 is 46.3 Å². The Morgan fingerprint density at radius 3 is 2.62 bits per heavy atom. The summed E-state index contributed by atoms with van der Waals surface area (Å²) in [6, 6.07) is 22.5. The average molecular weight is 547 g/mol. The normalized spacial score (nSPS) is 24.9. The minimum absolute atomic E-state index is 0.0764. The third kappa shape index (κ3) is 2.96. The number of hydrogen-bond acceptors (Lipinski definition) is 7. The smallest absolute Gasteiger partial charge is 0.238 e. The number of Topliss-reactive ketones (excluding diaryl/α,β-unsaturated/α-hetero) is 2. The summed E-state index contributed by atoms with van der Waals surface area (Å²) >= 11 is 1.34. The molecule has 4 aliphatic heterocycles. The highest BCUT2D eigenvalue weighted by molar-refractivity contribution is 7.12. The molecule has 0 aliphatic carbocycles. The molecule has 40 heavy (non-hydrogen) atoms. The summed E-state index contributed by atoms with van der Waals surface area (Å²) in [5, 5.41) is 4.91. The van der Waals surface area contributed by atoms with Crippen LogP contribution < -0.4 is 19.7 Å². The molecule has 8 rings (SSSR count). The second-order valence-electron chi connectivity index (χ2n) is 10.3. The second kappa shape index (κ2) is 8.40. The van der Waals surface area contributed by atoms with Crippen LogP contribution in [-0.2, 0) is 10.2 Å². The van der Waals surface area contributed by atoms with Crippen LogP contribution in [0.4, 0.5) is 11.4 Å². The van der Waals surface area contributed by atoms with Gasteiger partial charge < -0.3 is 19.7 Å². The van der Waals surface area contributed by atoms with Gasteiger partial charge in [-0.2, -0.15) is 0 Å². The average Bonchev–Trinajstić information content (AvgIpc) is 3.78. The monoisotopic (exact) mass is 546 g/mol. The number of thiophene rings is 1. The van der Waals surface area contributed by atoms with Crippen LogP contribution in [0, 0.1) is 5.92 Å². The zero-order valence-electron chi connectivity index (χ0n) is 21.1. The van der Waals surface area contributed by atoms with Gasteiger partial charge in [0, 0.05) is 16.9 Å². The van der Waals surface area contributed by atoms with Gasteiger partial charge in [-0.05, 0) is 52.9 Å². The maximum Gasteiger partial charge on any atom is 0.238 e. The zero-order chi connectivity index (χ0) is 27.0. The van der Waals surface area contributed by atoms with E-state index in [1.165, 1.54) is 11.3 Å². The van der Waals surface area contributed by atoms with Crippen LogP contribution >= 0.6 is 11.3 Å². The first kappa shape index (κ1) is 23.2. The Kier molecular flexibility index (Phi) is 4.88. The van der Waals surface area contributed by atoms with Crippen molar-refractivity contribution in [2.24, 2.45) is 5.92 Å². The van der Waals surface area contributed by atoms with Crippen LogP contribution in [0.15, 0.2) is 90.3 Å². The Morgan fingerprint density at radius 1 is 0.925 bits per heavy atom. The lowest BCUT2D eigenvalue weighted by molar-refractivity contribution is -0.121. The van der Waals surface area contributed by atoms with Crippen molar-refractivity contribution in [2.75, 3.05) is 17.0 Å². The van der Waals surface area contributed by atoms with Crippen molar-refractivity contribution in [1.29, 1.82) is 0 Å². The highest BCUT2D eigenvalue weighted by Crippen LogP contribution is 2.58. The Labute approximate surface area is 233 Å². The van der Waals surface area contributed by atoms with Crippen molar-refractivity contribution < 1.29 is 23.9 Å². The minimum Gasteiger partial charge on any atom is -0.454 e. The molecule has 4 aromatic rings. The van der Waals surface area contributed by atoms with E-state index in [0.717, 1.165) is 16.8 Å². The molecule has 0 bridgehead atoms. The van der Waals surface area contributed by atoms with E-state index < -0.39 is 23.4 Å². The van der Waals surface area contributed by atoms with Gasteiger partial charge in [0.2, 0.25) is 12.7 Å². The molecule has 1 N–H and O–H groups in total. The predicted octanol–water partition coefficient (Wildman–Crippen LogP) is 5.33. The van der Waals surface area contributed by atoms with E-state index in [1.54, 1.807) is 24.3 Å². The largest absolute Gasteiger partial charge is 0.454 e. The van der Waals surface area contributed by atoms with Crippen LogP contribution in [0.25, 0.3) is 6.08 Å². The maximum absolute atomic E-state index is 14.8. The van der Waals surface area contributed by atoms with Crippen LogP contribution in [0.5, 0.6) is 11.5 Å². The Bertz CT molecular complexity index is 1760. The van der Waals surface area contributed by atoms with E-state index in [9.17, 15) is 14.4 Å². The Morgan fingerprint density at radius 2 is 1.75 bits per heavy atom. The number of benzene rings is 3. The quantitative estimate of drug-likeness (QED) is 0.348. The van der Waals surface area contributed by atoms with Gasteiger partial charge in [0.15, 0.2) is 23.1 Å². The molecule has 1 spiro atoms. The molecule has 8 heteroatoms. The highest BCUT2D eigenvalue weighted by Gasteiger charge is 2.70. The Hall–Kier alpha value is -4.69. The molecule has 4 atom stereocenters. The number of carbonyl (C=O) groups excluding carboxylic acids is 3. The standard InChI is InChI=1S/C32H22N2O5S/c35-29(19-11-13-23-24(16-19)39-17-38-23)27-28(30(36)25-10-5-15-40-25)34-22-9-4-1-6-18(22)12-14-26(34)32(27)20-7-2-3-8-21(20)33-31(32)37/h1-16,26-28H,17H2,(H,33,37)/t26-,27+,28-,32-/m0/s1. The van der Waals surface area contributed by atoms with Gasteiger partial charge in [-0.25, -0.2) is 0 Å². The molecular weight excluding hydrogens is 524 g/mol. The van der Waals surface area contributed by atoms with E-state index >= 15 is 0 Å². The van der Waals surface area contributed by atoms with Gasteiger partial charge in [0.1, 0.15) is 11.5 Å². The molecule has 3 aromatic carbocycles. The number of nitrogens with one attached hydrogen (secondary N) is 1. The fraction of sp³-hybridized carbons (Fsp3) is 0.156. The summed E-state index contributed by atoms with van der Waals surface area (Å²) in [5.74, 6) is -0.751. The van der Waals surface area contributed by atoms with Crippen molar-refractivity contribution in [2.45, 2.75) is 17.5 Å². The number of para-hydroxylation sites is 2. The van der Waals surface area contributed by atoms with Crippen LogP contribution in [-0.4, -0.2) is 36.4 Å². The van der Waals surface area contributed by atoms with Gasteiger partial charge in [-0.15, -0.1) is 11.3 Å². The third-order valence-corrected chi connectivity index (χ3v) is 9.40. The van der Waals surface area contributed by atoms with Gasteiger partial charge in [0.05, 0.1) is 16.8 Å². The van der Waals surface area contributed by atoms with E-state index in [4.69, 9.17) is 9.47 Å². The molecular formula is C32H22N2O5S. The minimum atomic E-state index is -1.34. The first-order valence-corrected chi connectivity index (χ1v) is 13.9. The number of fused-ring (bicyclic) bond motifs is 7. The van der Waals surface area contributed by atoms with E-state index in [0.29, 0.717) is 27.6 Å². The number of amides is 1. The Balaban J connectivity index is 1.41. The van der Waals surface area contributed by atoms with E-state index in [1.807, 2.05) is 77.0 Å². The SMILES string of the molecule is O=C(c1cccs1)[C@@H]1[C@H](C(=O)c2ccc3c(c2)OCO3)[C@@]2(C(=O)Nc3ccccc32)[C@@H]2C=Cc3ccccc3N12. The molecule has 1 fully saturated rings. The highest BCUT2D eigenvalue weighted by atomic mass is 32.1. The van der Waals surface area contributed by atoms with Crippen molar-refractivity contribution in [3.05, 3.63) is 112 Å².